The van der Waals surface area contributed by atoms with Crippen molar-refractivity contribution < 1.29 is 0 Å². The maximum absolute atomic E-state index is 6.27. The molecule has 0 aliphatic rings. The Labute approximate surface area is 91.5 Å². The molecule has 2 unspecified atom stereocenters. The predicted octanol–water partition coefficient (Wildman–Crippen LogP) is 3.67. The minimum absolute atomic E-state index is 0.257. The van der Waals surface area contributed by atoms with Gasteiger partial charge in [0.05, 0.1) is 0 Å². The van der Waals surface area contributed by atoms with E-state index < -0.39 is 0 Å². The Balaban J connectivity index is 2.37. The minimum atomic E-state index is 0.257. The van der Waals surface area contributed by atoms with Crippen LogP contribution >= 0.6 is 11.6 Å². The molecule has 1 rings (SSSR count). The maximum atomic E-state index is 6.27. The normalized spacial score (nSPS) is 15.1. The van der Waals surface area contributed by atoms with Crippen LogP contribution in [-0.2, 0) is 6.42 Å². The standard InChI is InChI=1S/C12H18ClN/c1-3-10(2)8-12(13)9-11-4-6-14-7-5-11/h4-7,10,12H,3,8-9H2,1-2H3. The van der Waals surface area contributed by atoms with Gasteiger partial charge < -0.3 is 0 Å². The van der Waals surface area contributed by atoms with Crippen LogP contribution in [0.2, 0.25) is 0 Å². The number of nitrogens with zero attached hydrogens (tertiary/aromatic N) is 1. The lowest BCUT2D eigenvalue weighted by atomic mass is 9.99. The van der Waals surface area contributed by atoms with Crippen molar-refractivity contribution in [3.05, 3.63) is 30.1 Å². The summed E-state index contributed by atoms with van der Waals surface area (Å²) in [5.74, 6) is 0.722. The van der Waals surface area contributed by atoms with Crippen LogP contribution in [0, 0.1) is 5.92 Å². The zero-order valence-corrected chi connectivity index (χ0v) is 9.67. The molecule has 0 fully saturated rings. The largest absolute Gasteiger partial charge is 0.265 e. The zero-order valence-electron chi connectivity index (χ0n) is 8.91. The quantitative estimate of drug-likeness (QED) is 0.678. The van der Waals surface area contributed by atoms with Crippen molar-refractivity contribution in [2.45, 2.75) is 38.5 Å². The molecule has 14 heavy (non-hydrogen) atoms. The van der Waals surface area contributed by atoms with Gasteiger partial charge in [-0.05, 0) is 36.5 Å². The summed E-state index contributed by atoms with van der Waals surface area (Å²) in [6.45, 7) is 4.46. The molecule has 0 N–H and O–H groups in total. The molecule has 1 nitrogen and oxygen atoms in total. The van der Waals surface area contributed by atoms with E-state index in [1.54, 1.807) is 0 Å². The third-order valence-electron chi connectivity index (χ3n) is 2.56. The minimum Gasteiger partial charge on any atom is -0.265 e. The molecule has 0 amide bonds. The molecule has 0 radical (unpaired) electrons. The fraction of sp³-hybridized carbons (Fsp3) is 0.583. The molecule has 1 heterocycles. The number of rotatable bonds is 5. The van der Waals surface area contributed by atoms with Crippen LogP contribution in [0.5, 0.6) is 0 Å². The van der Waals surface area contributed by atoms with Crippen LogP contribution in [0.15, 0.2) is 24.5 Å². The van der Waals surface area contributed by atoms with Gasteiger partial charge in [-0.2, -0.15) is 0 Å². The van der Waals surface area contributed by atoms with E-state index >= 15 is 0 Å². The van der Waals surface area contributed by atoms with Crippen LogP contribution in [-0.4, -0.2) is 10.4 Å². The van der Waals surface area contributed by atoms with E-state index in [9.17, 15) is 0 Å². The van der Waals surface area contributed by atoms with Crippen molar-refractivity contribution in [2.75, 3.05) is 0 Å². The summed E-state index contributed by atoms with van der Waals surface area (Å²) >= 11 is 6.27. The van der Waals surface area contributed by atoms with Crippen molar-refractivity contribution in [1.29, 1.82) is 0 Å². The Morgan fingerprint density at radius 2 is 2.00 bits per heavy atom. The lowest BCUT2D eigenvalue weighted by Gasteiger charge is -2.13. The van der Waals surface area contributed by atoms with E-state index in [1.165, 1.54) is 12.0 Å². The van der Waals surface area contributed by atoms with Crippen molar-refractivity contribution in [2.24, 2.45) is 5.92 Å². The highest BCUT2D eigenvalue weighted by Crippen LogP contribution is 2.17. The number of hydrogen-bond acceptors (Lipinski definition) is 1. The maximum Gasteiger partial charge on any atom is 0.0378 e. The van der Waals surface area contributed by atoms with Gasteiger partial charge in [-0.3, -0.25) is 4.98 Å². The molecular formula is C12H18ClN. The van der Waals surface area contributed by atoms with Gasteiger partial charge in [0.25, 0.3) is 0 Å². The summed E-state index contributed by atoms with van der Waals surface area (Å²) in [7, 11) is 0. The SMILES string of the molecule is CCC(C)CC(Cl)Cc1ccncc1. The first-order valence-electron chi connectivity index (χ1n) is 5.25. The fourth-order valence-corrected chi connectivity index (χ4v) is 1.94. The molecule has 0 aliphatic heterocycles. The van der Waals surface area contributed by atoms with E-state index in [2.05, 4.69) is 18.8 Å². The third-order valence-corrected chi connectivity index (χ3v) is 2.89. The Kier molecular flexibility index (Phi) is 4.95. The van der Waals surface area contributed by atoms with Gasteiger partial charge >= 0.3 is 0 Å². The number of hydrogen-bond donors (Lipinski definition) is 0. The van der Waals surface area contributed by atoms with Crippen LogP contribution in [0.1, 0.15) is 32.3 Å². The average Bonchev–Trinajstić information content (AvgIpc) is 2.19. The van der Waals surface area contributed by atoms with Gasteiger partial charge in [0, 0.05) is 17.8 Å². The second-order valence-electron chi connectivity index (χ2n) is 3.91. The number of aromatic nitrogens is 1. The Morgan fingerprint density at radius 3 is 2.57 bits per heavy atom. The third kappa shape index (κ3) is 4.10. The molecule has 0 aliphatic carbocycles. The topological polar surface area (TPSA) is 12.9 Å². The summed E-state index contributed by atoms with van der Waals surface area (Å²) < 4.78 is 0. The summed E-state index contributed by atoms with van der Waals surface area (Å²) in [5.41, 5.74) is 1.28. The molecule has 2 atom stereocenters. The average molecular weight is 212 g/mol. The van der Waals surface area contributed by atoms with Crippen LogP contribution in [0.25, 0.3) is 0 Å². The van der Waals surface area contributed by atoms with Gasteiger partial charge in [-0.15, -0.1) is 11.6 Å². The van der Waals surface area contributed by atoms with Gasteiger partial charge in [-0.1, -0.05) is 20.3 Å². The second kappa shape index (κ2) is 6.02. The number of alkyl halides is 1. The van der Waals surface area contributed by atoms with E-state index in [-0.39, 0.29) is 5.38 Å². The predicted molar refractivity (Wildman–Crippen MR) is 61.7 cm³/mol. The number of pyridine rings is 1. The fourth-order valence-electron chi connectivity index (χ4n) is 1.46. The molecule has 0 saturated carbocycles. The highest BCUT2D eigenvalue weighted by atomic mass is 35.5. The lowest BCUT2D eigenvalue weighted by molar-refractivity contribution is 0.500. The molecule has 2 heteroatoms. The van der Waals surface area contributed by atoms with Crippen molar-refractivity contribution in [3.8, 4) is 0 Å². The monoisotopic (exact) mass is 211 g/mol. The van der Waals surface area contributed by atoms with Gasteiger partial charge in [0.2, 0.25) is 0 Å². The Hall–Kier alpha value is -0.560. The van der Waals surface area contributed by atoms with Crippen LogP contribution < -0.4 is 0 Å². The number of halogens is 1. The van der Waals surface area contributed by atoms with E-state index in [0.29, 0.717) is 0 Å². The van der Waals surface area contributed by atoms with Gasteiger partial charge in [0.1, 0.15) is 0 Å². The van der Waals surface area contributed by atoms with E-state index in [1.807, 2.05) is 24.5 Å². The van der Waals surface area contributed by atoms with Crippen LogP contribution in [0.3, 0.4) is 0 Å². The Morgan fingerprint density at radius 1 is 1.36 bits per heavy atom. The van der Waals surface area contributed by atoms with Crippen LogP contribution in [0.4, 0.5) is 0 Å². The summed E-state index contributed by atoms with van der Waals surface area (Å²) in [4.78, 5) is 3.99. The first-order valence-corrected chi connectivity index (χ1v) is 5.69. The first kappa shape index (κ1) is 11.5. The van der Waals surface area contributed by atoms with Crippen molar-refractivity contribution in [1.82, 2.24) is 4.98 Å². The summed E-state index contributed by atoms with van der Waals surface area (Å²) in [6.07, 6.45) is 6.90. The molecule has 1 aromatic rings. The molecule has 0 aromatic carbocycles. The first-order chi connectivity index (χ1) is 6.72. The summed E-state index contributed by atoms with van der Waals surface area (Å²) in [5, 5.41) is 0.257. The zero-order chi connectivity index (χ0) is 10.4. The van der Waals surface area contributed by atoms with Crippen molar-refractivity contribution >= 4 is 11.6 Å². The second-order valence-corrected chi connectivity index (χ2v) is 4.52. The molecule has 78 valence electrons. The van der Waals surface area contributed by atoms with E-state index in [4.69, 9.17) is 11.6 Å². The molecule has 1 aromatic heterocycles. The molecule has 0 saturated heterocycles. The Bertz CT molecular complexity index is 248. The molecule has 0 bridgehead atoms. The van der Waals surface area contributed by atoms with Gasteiger partial charge in [0.15, 0.2) is 0 Å². The molecule has 0 spiro atoms. The smallest absolute Gasteiger partial charge is 0.0378 e. The molecular weight excluding hydrogens is 194 g/mol. The van der Waals surface area contributed by atoms with E-state index in [0.717, 1.165) is 18.8 Å². The highest BCUT2D eigenvalue weighted by Gasteiger charge is 2.09. The highest BCUT2D eigenvalue weighted by molar-refractivity contribution is 6.20. The lowest BCUT2D eigenvalue weighted by Crippen LogP contribution is -2.08. The summed E-state index contributed by atoms with van der Waals surface area (Å²) in [6, 6.07) is 4.07. The van der Waals surface area contributed by atoms with Crippen molar-refractivity contribution in [3.63, 3.8) is 0 Å². The van der Waals surface area contributed by atoms with Gasteiger partial charge in [-0.25, -0.2) is 0 Å².